The molecule has 0 radical (unpaired) electrons. The van der Waals surface area contributed by atoms with Crippen LogP contribution in [0.3, 0.4) is 0 Å². The van der Waals surface area contributed by atoms with Gasteiger partial charge in [0.25, 0.3) is 0 Å². The first-order valence-electron chi connectivity index (χ1n) is 7.41. The number of ether oxygens (including phenoxy) is 1. The SMILES string of the molecule is COCCc1ccccc1NS(=O)(=O)CC1CCCCN1. The molecule has 1 saturated heterocycles. The second-order valence-electron chi connectivity index (χ2n) is 5.43. The van der Waals surface area contributed by atoms with E-state index in [4.69, 9.17) is 4.74 Å². The summed E-state index contributed by atoms with van der Waals surface area (Å²) in [5, 5.41) is 3.27. The highest BCUT2D eigenvalue weighted by atomic mass is 32.2. The lowest BCUT2D eigenvalue weighted by Gasteiger charge is -2.23. The fourth-order valence-corrected chi connectivity index (χ4v) is 4.02. The van der Waals surface area contributed by atoms with Crippen molar-refractivity contribution >= 4 is 15.7 Å². The topological polar surface area (TPSA) is 67.4 Å². The van der Waals surface area contributed by atoms with Crippen LogP contribution < -0.4 is 10.0 Å². The minimum absolute atomic E-state index is 0.0578. The summed E-state index contributed by atoms with van der Waals surface area (Å²) in [5.41, 5.74) is 1.62. The molecule has 118 valence electrons. The monoisotopic (exact) mass is 312 g/mol. The summed E-state index contributed by atoms with van der Waals surface area (Å²) < 4.78 is 32.4. The number of piperidine rings is 1. The van der Waals surface area contributed by atoms with Crippen LogP contribution in [0.1, 0.15) is 24.8 Å². The van der Waals surface area contributed by atoms with E-state index in [9.17, 15) is 8.42 Å². The van der Waals surface area contributed by atoms with Crippen LogP contribution in [-0.4, -0.2) is 40.5 Å². The Hall–Kier alpha value is -1.11. The molecular weight excluding hydrogens is 288 g/mol. The Morgan fingerprint density at radius 1 is 1.33 bits per heavy atom. The van der Waals surface area contributed by atoms with Gasteiger partial charge in [-0.05, 0) is 37.4 Å². The van der Waals surface area contributed by atoms with E-state index in [2.05, 4.69) is 10.0 Å². The molecule has 1 fully saturated rings. The van der Waals surface area contributed by atoms with Crippen molar-refractivity contribution in [2.45, 2.75) is 31.7 Å². The van der Waals surface area contributed by atoms with Gasteiger partial charge in [-0.2, -0.15) is 0 Å². The van der Waals surface area contributed by atoms with Gasteiger partial charge in [0.05, 0.1) is 18.0 Å². The standard InChI is InChI=1S/C15H24N2O3S/c1-20-11-9-13-6-2-3-8-15(13)17-21(18,19)12-14-7-4-5-10-16-14/h2-3,6,8,14,16-17H,4-5,7,9-12H2,1H3. The van der Waals surface area contributed by atoms with Crippen LogP contribution in [0.25, 0.3) is 0 Å². The first-order chi connectivity index (χ1) is 10.1. The molecule has 1 aliphatic rings. The van der Waals surface area contributed by atoms with Gasteiger partial charge >= 0.3 is 0 Å². The van der Waals surface area contributed by atoms with Crippen molar-refractivity contribution in [1.29, 1.82) is 0 Å². The number of anilines is 1. The van der Waals surface area contributed by atoms with Gasteiger partial charge in [-0.15, -0.1) is 0 Å². The Balaban J connectivity index is 2.01. The zero-order valence-corrected chi connectivity index (χ0v) is 13.3. The molecule has 1 atom stereocenters. The van der Waals surface area contributed by atoms with E-state index in [1.54, 1.807) is 13.2 Å². The van der Waals surface area contributed by atoms with Crippen molar-refractivity contribution < 1.29 is 13.2 Å². The Bertz CT molecular complexity index is 540. The molecule has 6 heteroatoms. The molecule has 0 aliphatic carbocycles. The van der Waals surface area contributed by atoms with Crippen LogP contribution in [0.15, 0.2) is 24.3 Å². The van der Waals surface area contributed by atoms with Crippen molar-refractivity contribution in [2.24, 2.45) is 0 Å². The number of hydrogen-bond donors (Lipinski definition) is 2. The lowest BCUT2D eigenvalue weighted by atomic mass is 10.1. The van der Waals surface area contributed by atoms with Gasteiger partial charge in [0.15, 0.2) is 0 Å². The molecule has 2 N–H and O–H groups in total. The fraction of sp³-hybridized carbons (Fsp3) is 0.600. The molecule has 1 aromatic rings. The van der Waals surface area contributed by atoms with E-state index in [0.29, 0.717) is 18.7 Å². The Kier molecular flexibility index (Phi) is 6.02. The molecule has 0 saturated carbocycles. The van der Waals surface area contributed by atoms with E-state index < -0.39 is 10.0 Å². The molecule has 0 aromatic heterocycles. The van der Waals surface area contributed by atoms with Crippen molar-refractivity contribution in [3.05, 3.63) is 29.8 Å². The number of para-hydroxylation sites is 1. The van der Waals surface area contributed by atoms with Gasteiger partial charge in [0, 0.05) is 13.2 Å². The maximum atomic E-state index is 12.3. The molecule has 1 aromatic carbocycles. The largest absolute Gasteiger partial charge is 0.384 e. The predicted octanol–water partition coefficient (Wildman–Crippen LogP) is 1.76. The van der Waals surface area contributed by atoms with E-state index in [1.807, 2.05) is 18.2 Å². The third kappa shape index (κ3) is 5.30. The molecule has 21 heavy (non-hydrogen) atoms. The van der Waals surface area contributed by atoms with Crippen molar-refractivity contribution in [2.75, 3.05) is 30.7 Å². The third-order valence-corrected chi connectivity index (χ3v) is 5.06. The normalized spacial score (nSPS) is 19.4. The highest BCUT2D eigenvalue weighted by Gasteiger charge is 2.21. The van der Waals surface area contributed by atoms with E-state index in [1.165, 1.54) is 0 Å². The quantitative estimate of drug-likeness (QED) is 0.805. The number of sulfonamides is 1. The van der Waals surface area contributed by atoms with Gasteiger partial charge in [-0.25, -0.2) is 8.42 Å². The molecular formula is C15H24N2O3S. The molecule has 1 unspecified atom stereocenters. The molecule has 1 aliphatic heterocycles. The first kappa shape index (κ1) is 16.3. The maximum absolute atomic E-state index is 12.3. The number of benzene rings is 1. The summed E-state index contributed by atoms with van der Waals surface area (Å²) in [6.07, 6.45) is 3.84. The van der Waals surface area contributed by atoms with Gasteiger partial charge in [0.1, 0.15) is 0 Å². The van der Waals surface area contributed by atoms with Crippen molar-refractivity contribution in [3.8, 4) is 0 Å². The third-order valence-electron chi connectivity index (χ3n) is 3.69. The summed E-state index contributed by atoms with van der Waals surface area (Å²) in [5.74, 6) is 0.131. The minimum atomic E-state index is -3.34. The zero-order chi connectivity index (χ0) is 15.1. The van der Waals surface area contributed by atoms with Gasteiger partial charge < -0.3 is 10.1 Å². The van der Waals surface area contributed by atoms with Crippen molar-refractivity contribution in [3.63, 3.8) is 0 Å². The lowest BCUT2D eigenvalue weighted by Crippen LogP contribution is -2.40. The Morgan fingerprint density at radius 3 is 2.86 bits per heavy atom. The number of hydrogen-bond acceptors (Lipinski definition) is 4. The van der Waals surface area contributed by atoms with Crippen LogP contribution in [0.4, 0.5) is 5.69 Å². The Morgan fingerprint density at radius 2 is 2.14 bits per heavy atom. The van der Waals surface area contributed by atoms with Crippen LogP contribution >= 0.6 is 0 Å². The van der Waals surface area contributed by atoms with E-state index >= 15 is 0 Å². The van der Waals surface area contributed by atoms with Crippen LogP contribution in [0.2, 0.25) is 0 Å². The highest BCUT2D eigenvalue weighted by Crippen LogP contribution is 2.18. The second-order valence-corrected chi connectivity index (χ2v) is 7.20. The molecule has 0 amide bonds. The zero-order valence-electron chi connectivity index (χ0n) is 12.5. The van der Waals surface area contributed by atoms with Crippen LogP contribution in [-0.2, 0) is 21.2 Å². The van der Waals surface area contributed by atoms with E-state index in [-0.39, 0.29) is 11.8 Å². The molecule has 5 nitrogen and oxygen atoms in total. The average Bonchev–Trinajstić information content (AvgIpc) is 2.46. The van der Waals surface area contributed by atoms with E-state index in [0.717, 1.165) is 31.4 Å². The molecule has 0 spiro atoms. The second kappa shape index (κ2) is 7.77. The van der Waals surface area contributed by atoms with Gasteiger partial charge in [0.2, 0.25) is 10.0 Å². The smallest absolute Gasteiger partial charge is 0.234 e. The fourth-order valence-electron chi connectivity index (χ4n) is 2.59. The summed E-state index contributed by atoms with van der Waals surface area (Å²) in [7, 11) is -1.69. The molecule has 2 rings (SSSR count). The van der Waals surface area contributed by atoms with Crippen LogP contribution in [0.5, 0.6) is 0 Å². The number of methoxy groups -OCH3 is 1. The maximum Gasteiger partial charge on any atom is 0.234 e. The lowest BCUT2D eigenvalue weighted by molar-refractivity contribution is 0.202. The first-order valence-corrected chi connectivity index (χ1v) is 9.06. The Labute approximate surface area is 127 Å². The van der Waals surface area contributed by atoms with Crippen molar-refractivity contribution in [1.82, 2.24) is 5.32 Å². The van der Waals surface area contributed by atoms with Gasteiger partial charge in [-0.3, -0.25) is 4.72 Å². The predicted molar refractivity (Wildman–Crippen MR) is 85.1 cm³/mol. The summed E-state index contributed by atoms with van der Waals surface area (Å²) in [6.45, 7) is 1.48. The highest BCUT2D eigenvalue weighted by molar-refractivity contribution is 7.92. The molecule has 0 bridgehead atoms. The average molecular weight is 312 g/mol. The van der Waals surface area contributed by atoms with Crippen LogP contribution in [0, 0.1) is 0 Å². The number of rotatable bonds is 7. The summed E-state index contributed by atoms with van der Waals surface area (Å²) in [4.78, 5) is 0. The summed E-state index contributed by atoms with van der Waals surface area (Å²) in [6, 6.07) is 7.54. The summed E-state index contributed by atoms with van der Waals surface area (Å²) >= 11 is 0. The van der Waals surface area contributed by atoms with Gasteiger partial charge in [-0.1, -0.05) is 24.6 Å². The minimum Gasteiger partial charge on any atom is -0.384 e. The molecule has 1 heterocycles. The number of nitrogens with one attached hydrogen (secondary N) is 2.